The van der Waals surface area contributed by atoms with Crippen LogP contribution in [0.25, 0.3) is 0 Å². The predicted molar refractivity (Wildman–Crippen MR) is 102 cm³/mol. The highest BCUT2D eigenvalue weighted by atomic mass is 16.3. The molecule has 0 spiro atoms. The Labute approximate surface area is 150 Å². The quantitative estimate of drug-likeness (QED) is 0.874. The van der Waals surface area contributed by atoms with Crippen LogP contribution in [0.4, 0.5) is 11.6 Å². The lowest BCUT2D eigenvalue weighted by Crippen LogP contribution is -2.39. The van der Waals surface area contributed by atoms with Gasteiger partial charge < -0.3 is 15.3 Å². The van der Waals surface area contributed by atoms with Crippen molar-refractivity contribution in [1.29, 1.82) is 0 Å². The molecule has 134 valence electrons. The number of nitrogens with one attached hydrogen (secondary N) is 1. The average Bonchev–Trinajstić information content (AvgIpc) is 2.60. The monoisotopic (exact) mass is 340 g/mol. The van der Waals surface area contributed by atoms with Crippen LogP contribution < -0.4 is 10.2 Å². The molecule has 2 heterocycles. The van der Waals surface area contributed by atoms with Crippen LogP contribution in [-0.4, -0.2) is 33.8 Å². The molecule has 5 nitrogen and oxygen atoms in total. The van der Waals surface area contributed by atoms with E-state index in [2.05, 4.69) is 60.2 Å². The minimum Gasteiger partial charge on any atom is -0.394 e. The van der Waals surface area contributed by atoms with E-state index in [4.69, 9.17) is 4.98 Å². The largest absolute Gasteiger partial charge is 0.394 e. The number of fused-ring (bicyclic) bond motifs is 1. The van der Waals surface area contributed by atoms with Gasteiger partial charge in [0, 0.05) is 30.6 Å². The highest BCUT2D eigenvalue weighted by Crippen LogP contribution is 2.29. The van der Waals surface area contributed by atoms with E-state index < -0.39 is 0 Å². The molecule has 0 unspecified atom stereocenters. The van der Waals surface area contributed by atoms with E-state index in [0.29, 0.717) is 6.04 Å². The van der Waals surface area contributed by atoms with Crippen LogP contribution in [-0.2, 0) is 13.0 Å². The average molecular weight is 340 g/mol. The van der Waals surface area contributed by atoms with E-state index >= 15 is 0 Å². The highest BCUT2D eigenvalue weighted by Gasteiger charge is 2.25. The zero-order chi connectivity index (χ0) is 18.0. The van der Waals surface area contributed by atoms with Crippen molar-refractivity contribution < 1.29 is 5.11 Å². The van der Waals surface area contributed by atoms with Gasteiger partial charge in [0.15, 0.2) is 0 Å². The van der Waals surface area contributed by atoms with E-state index in [0.717, 1.165) is 30.4 Å². The van der Waals surface area contributed by atoms with E-state index in [-0.39, 0.29) is 18.6 Å². The summed E-state index contributed by atoms with van der Waals surface area (Å²) in [7, 11) is 0. The van der Waals surface area contributed by atoms with Crippen molar-refractivity contribution in [2.24, 2.45) is 0 Å². The maximum atomic E-state index is 9.33. The summed E-state index contributed by atoms with van der Waals surface area (Å²) >= 11 is 0. The number of aliphatic hydroxyl groups is 1. The van der Waals surface area contributed by atoms with Gasteiger partial charge >= 0.3 is 0 Å². The Balaban J connectivity index is 1.95. The zero-order valence-corrected chi connectivity index (χ0v) is 15.5. The molecule has 0 saturated carbocycles. The van der Waals surface area contributed by atoms with Gasteiger partial charge in [0.1, 0.15) is 17.5 Å². The Morgan fingerprint density at radius 1 is 1.20 bits per heavy atom. The van der Waals surface area contributed by atoms with Crippen molar-refractivity contribution in [2.75, 3.05) is 16.8 Å². The molecule has 5 heteroatoms. The smallest absolute Gasteiger partial charge is 0.135 e. The van der Waals surface area contributed by atoms with E-state index in [1.807, 2.05) is 13.0 Å². The first-order chi connectivity index (χ1) is 12.0. The van der Waals surface area contributed by atoms with Gasteiger partial charge in [-0.05, 0) is 31.4 Å². The molecule has 1 aliphatic heterocycles. The number of hydrogen-bond donors (Lipinski definition) is 2. The Bertz CT molecular complexity index is 731. The summed E-state index contributed by atoms with van der Waals surface area (Å²) in [6, 6.07) is 11.0. The molecule has 0 saturated heterocycles. The third-order valence-electron chi connectivity index (χ3n) is 4.72. The summed E-state index contributed by atoms with van der Waals surface area (Å²) < 4.78 is 0. The topological polar surface area (TPSA) is 61.3 Å². The molecular formula is C20H28N4O. The molecule has 3 rings (SSSR count). The summed E-state index contributed by atoms with van der Waals surface area (Å²) in [5.41, 5.74) is 2.79. The Morgan fingerprint density at radius 2 is 1.92 bits per heavy atom. The molecular weight excluding hydrogens is 312 g/mol. The van der Waals surface area contributed by atoms with E-state index in [1.165, 1.54) is 11.1 Å². The predicted octanol–water partition coefficient (Wildman–Crippen LogP) is 3.34. The van der Waals surface area contributed by atoms with Crippen molar-refractivity contribution in [3.8, 4) is 0 Å². The van der Waals surface area contributed by atoms with Gasteiger partial charge in [-0.3, -0.25) is 0 Å². The van der Waals surface area contributed by atoms with Gasteiger partial charge in [-0.2, -0.15) is 0 Å². The van der Waals surface area contributed by atoms with Gasteiger partial charge in [0.2, 0.25) is 0 Å². The minimum absolute atomic E-state index is 0.0396. The first kappa shape index (κ1) is 17.7. The molecule has 1 aromatic carbocycles. The van der Waals surface area contributed by atoms with E-state index in [9.17, 15) is 5.11 Å². The second-order valence-corrected chi connectivity index (χ2v) is 7.30. The summed E-state index contributed by atoms with van der Waals surface area (Å²) in [6.45, 7) is 9.33. The summed E-state index contributed by atoms with van der Waals surface area (Å²) in [6.07, 6.45) is 1.02. The van der Waals surface area contributed by atoms with Gasteiger partial charge in [-0.15, -0.1) is 0 Å². The van der Waals surface area contributed by atoms with Gasteiger partial charge in [0.05, 0.1) is 6.61 Å². The number of nitrogens with zero attached hydrogens (tertiary/aromatic N) is 3. The number of hydrogen-bond acceptors (Lipinski definition) is 5. The molecule has 0 aliphatic carbocycles. The summed E-state index contributed by atoms with van der Waals surface area (Å²) in [5.74, 6) is 2.81. The van der Waals surface area contributed by atoms with Crippen LogP contribution in [0.5, 0.6) is 0 Å². The molecule has 0 amide bonds. The Hall–Kier alpha value is -2.14. The fourth-order valence-electron chi connectivity index (χ4n) is 3.22. The van der Waals surface area contributed by atoms with Crippen LogP contribution in [0.2, 0.25) is 0 Å². The SMILES string of the molecule is CC(C)c1nc(N[C@H](C)CO)cc(N2Cc3ccccc3C[C@@H]2C)n1. The Kier molecular flexibility index (Phi) is 5.23. The normalized spacial score (nSPS) is 18.2. The number of aliphatic hydroxyl groups excluding tert-OH is 1. The highest BCUT2D eigenvalue weighted by molar-refractivity contribution is 5.53. The van der Waals surface area contributed by atoms with Crippen LogP contribution in [0.3, 0.4) is 0 Å². The lowest BCUT2D eigenvalue weighted by atomic mass is 9.95. The summed E-state index contributed by atoms with van der Waals surface area (Å²) in [5, 5.41) is 12.6. The van der Waals surface area contributed by atoms with Gasteiger partial charge in [-0.1, -0.05) is 38.1 Å². The Morgan fingerprint density at radius 3 is 2.60 bits per heavy atom. The molecule has 0 bridgehead atoms. The number of anilines is 2. The molecule has 2 N–H and O–H groups in total. The standard InChI is InChI=1S/C20H28N4O/c1-13(2)20-22-18(21-14(3)12-25)10-19(23-20)24-11-17-8-6-5-7-16(17)9-15(24)4/h5-8,10,13-15,25H,9,11-12H2,1-4H3,(H,21,22,23)/t14-,15+/m1/s1. The van der Waals surface area contributed by atoms with Crippen molar-refractivity contribution >= 4 is 11.6 Å². The zero-order valence-electron chi connectivity index (χ0n) is 15.5. The molecule has 1 aromatic heterocycles. The van der Waals surface area contributed by atoms with Gasteiger partial charge in [0.25, 0.3) is 0 Å². The van der Waals surface area contributed by atoms with Crippen LogP contribution in [0, 0.1) is 0 Å². The fourth-order valence-corrected chi connectivity index (χ4v) is 3.22. The first-order valence-corrected chi connectivity index (χ1v) is 9.07. The minimum atomic E-state index is -0.0396. The molecule has 25 heavy (non-hydrogen) atoms. The maximum Gasteiger partial charge on any atom is 0.135 e. The second-order valence-electron chi connectivity index (χ2n) is 7.30. The molecule has 1 aliphatic rings. The lowest BCUT2D eigenvalue weighted by Gasteiger charge is -2.36. The number of benzene rings is 1. The van der Waals surface area contributed by atoms with Crippen molar-refractivity contribution in [3.05, 3.63) is 47.3 Å². The van der Waals surface area contributed by atoms with Crippen LogP contribution in [0.15, 0.2) is 30.3 Å². The van der Waals surface area contributed by atoms with Crippen molar-refractivity contribution in [2.45, 2.75) is 58.7 Å². The molecule has 0 radical (unpaired) electrons. The molecule has 0 fully saturated rings. The molecule has 2 aromatic rings. The maximum absolute atomic E-state index is 9.33. The van der Waals surface area contributed by atoms with E-state index in [1.54, 1.807) is 0 Å². The molecule has 2 atom stereocenters. The van der Waals surface area contributed by atoms with Gasteiger partial charge in [-0.25, -0.2) is 9.97 Å². The van der Waals surface area contributed by atoms with Crippen LogP contribution >= 0.6 is 0 Å². The fraction of sp³-hybridized carbons (Fsp3) is 0.500. The van der Waals surface area contributed by atoms with Crippen molar-refractivity contribution in [1.82, 2.24) is 9.97 Å². The summed E-state index contributed by atoms with van der Waals surface area (Å²) in [4.78, 5) is 11.8. The third kappa shape index (κ3) is 3.93. The first-order valence-electron chi connectivity index (χ1n) is 9.07. The van der Waals surface area contributed by atoms with Crippen molar-refractivity contribution in [3.63, 3.8) is 0 Å². The second kappa shape index (κ2) is 7.40. The van der Waals surface area contributed by atoms with Crippen LogP contribution in [0.1, 0.15) is 50.6 Å². The lowest BCUT2D eigenvalue weighted by molar-refractivity contribution is 0.281. The number of rotatable bonds is 5. The number of aromatic nitrogens is 2. The third-order valence-corrected chi connectivity index (χ3v) is 4.72.